The Kier molecular flexibility index (Phi) is 5.30. The number of hydrogen-bond donors (Lipinski definition) is 0. The van der Waals surface area contributed by atoms with Crippen molar-refractivity contribution in [3.8, 4) is 11.8 Å². The predicted octanol–water partition coefficient (Wildman–Crippen LogP) is 2.84. The molecule has 0 atom stereocenters. The van der Waals surface area contributed by atoms with Gasteiger partial charge in [0.15, 0.2) is 0 Å². The molecule has 28 heavy (non-hydrogen) atoms. The van der Waals surface area contributed by atoms with Gasteiger partial charge in [0.25, 0.3) is 5.91 Å². The van der Waals surface area contributed by atoms with Crippen LogP contribution in [0.15, 0.2) is 73.1 Å². The van der Waals surface area contributed by atoms with Crippen LogP contribution in [0.25, 0.3) is 0 Å². The Hall–Kier alpha value is -3.65. The minimum atomic E-state index is 0.0389. The van der Waals surface area contributed by atoms with Crippen molar-refractivity contribution in [2.75, 3.05) is 31.1 Å². The molecule has 0 unspecified atom stereocenters. The molecule has 1 aliphatic rings. The molecule has 0 saturated carbocycles. The van der Waals surface area contributed by atoms with E-state index in [1.54, 1.807) is 18.5 Å². The summed E-state index contributed by atoms with van der Waals surface area (Å²) in [4.78, 5) is 25.4. The third kappa shape index (κ3) is 4.18. The van der Waals surface area contributed by atoms with Gasteiger partial charge in [-0.25, -0.2) is 9.97 Å². The molecular formula is C23H20N4O. The van der Waals surface area contributed by atoms with Crippen molar-refractivity contribution in [2.24, 2.45) is 0 Å². The van der Waals surface area contributed by atoms with Crippen LogP contribution in [0.1, 0.15) is 21.5 Å². The van der Waals surface area contributed by atoms with Crippen LogP contribution in [0, 0.1) is 11.8 Å². The van der Waals surface area contributed by atoms with E-state index in [1.807, 2.05) is 59.5 Å². The fourth-order valence-corrected chi connectivity index (χ4v) is 3.14. The summed E-state index contributed by atoms with van der Waals surface area (Å²) in [7, 11) is 0. The molecule has 138 valence electrons. The van der Waals surface area contributed by atoms with E-state index < -0.39 is 0 Å². The Morgan fingerprint density at radius 2 is 1.46 bits per heavy atom. The smallest absolute Gasteiger partial charge is 0.254 e. The van der Waals surface area contributed by atoms with Crippen LogP contribution < -0.4 is 4.90 Å². The molecule has 2 aromatic carbocycles. The van der Waals surface area contributed by atoms with E-state index in [0.29, 0.717) is 24.6 Å². The number of benzene rings is 2. The van der Waals surface area contributed by atoms with E-state index in [1.165, 1.54) is 0 Å². The molecule has 5 heteroatoms. The molecule has 2 heterocycles. The number of rotatable bonds is 2. The highest BCUT2D eigenvalue weighted by Crippen LogP contribution is 2.13. The molecule has 4 rings (SSSR count). The summed E-state index contributed by atoms with van der Waals surface area (Å²) in [5.41, 5.74) is 2.47. The van der Waals surface area contributed by atoms with Gasteiger partial charge in [0.2, 0.25) is 5.95 Å². The number of amides is 1. The van der Waals surface area contributed by atoms with Crippen molar-refractivity contribution in [2.45, 2.75) is 0 Å². The number of aromatic nitrogens is 2. The predicted molar refractivity (Wildman–Crippen MR) is 109 cm³/mol. The molecule has 0 N–H and O–H groups in total. The van der Waals surface area contributed by atoms with Crippen LogP contribution in [0.2, 0.25) is 0 Å². The first kappa shape index (κ1) is 17.7. The molecule has 1 aromatic heterocycles. The molecule has 0 spiro atoms. The quantitative estimate of drug-likeness (QED) is 0.653. The Balaban J connectivity index is 1.42. The minimum absolute atomic E-state index is 0.0389. The van der Waals surface area contributed by atoms with Crippen LogP contribution >= 0.6 is 0 Å². The molecule has 1 saturated heterocycles. The second-order valence-corrected chi connectivity index (χ2v) is 6.52. The zero-order valence-electron chi connectivity index (χ0n) is 15.5. The second kappa shape index (κ2) is 8.36. The largest absolute Gasteiger partial charge is 0.337 e. The van der Waals surface area contributed by atoms with Gasteiger partial charge >= 0.3 is 0 Å². The highest BCUT2D eigenvalue weighted by molar-refractivity contribution is 5.94. The normalized spacial score (nSPS) is 13.6. The summed E-state index contributed by atoms with van der Waals surface area (Å²) in [6, 6.07) is 19.2. The van der Waals surface area contributed by atoms with Crippen molar-refractivity contribution in [1.29, 1.82) is 0 Å². The highest BCUT2D eigenvalue weighted by Gasteiger charge is 2.23. The van der Waals surface area contributed by atoms with Gasteiger partial charge in [0.05, 0.1) is 0 Å². The van der Waals surface area contributed by atoms with Crippen LogP contribution in [-0.2, 0) is 0 Å². The number of nitrogens with zero attached hydrogens (tertiary/aromatic N) is 4. The molecule has 0 aliphatic carbocycles. The maximum Gasteiger partial charge on any atom is 0.254 e. The van der Waals surface area contributed by atoms with Gasteiger partial charge in [-0.05, 0) is 36.4 Å². The van der Waals surface area contributed by atoms with Gasteiger partial charge in [0, 0.05) is 55.3 Å². The third-order valence-electron chi connectivity index (χ3n) is 4.64. The first-order chi connectivity index (χ1) is 13.8. The number of carbonyl (C=O) groups excluding carboxylic acids is 1. The first-order valence-electron chi connectivity index (χ1n) is 9.28. The lowest BCUT2D eigenvalue weighted by Gasteiger charge is -2.34. The van der Waals surface area contributed by atoms with Crippen LogP contribution in [0.4, 0.5) is 5.95 Å². The lowest BCUT2D eigenvalue weighted by atomic mass is 10.1. The first-order valence-corrected chi connectivity index (χ1v) is 9.28. The van der Waals surface area contributed by atoms with E-state index in [0.717, 1.165) is 24.2 Å². The van der Waals surface area contributed by atoms with E-state index in [-0.39, 0.29) is 5.91 Å². The Bertz CT molecular complexity index is 1000. The molecule has 1 aliphatic heterocycles. The number of piperazine rings is 1. The molecule has 0 bridgehead atoms. The third-order valence-corrected chi connectivity index (χ3v) is 4.64. The van der Waals surface area contributed by atoms with Crippen molar-refractivity contribution >= 4 is 11.9 Å². The lowest BCUT2D eigenvalue weighted by Crippen LogP contribution is -2.49. The number of hydrogen-bond acceptors (Lipinski definition) is 4. The van der Waals surface area contributed by atoms with E-state index in [4.69, 9.17) is 0 Å². The average Bonchev–Trinajstić information content (AvgIpc) is 2.79. The SMILES string of the molecule is O=C(c1cccc(C#Cc2ccccc2)c1)N1CCN(c2ncccn2)CC1. The molecule has 1 fully saturated rings. The second-order valence-electron chi connectivity index (χ2n) is 6.52. The summed E-state index contributed by atoms with van der Waals surface area (Å²) in [6.45, 7) is 2.75. The summed E-state index contributed by atoms with van der Waals surface area (Å²) in [6.07, 6.45) is 3.48. The molecule has 3 aromatic rings. The Labute approximate surface area is 164 Å². The van der Waals surface area contributed by atoms with Gasteiger partial charge < -0.3 is 9.80 Å². The van der Waals surface area contributed by atoms with E-state index >= 15 is 0 Å². The lowest BCUT2D eigenvalue weighted by molar-refractivity contribution is 0.0746. The van der Waals surface area contributed by atoms with Crippen molar-refractivity contribution in [3.63, 3.8) is 0 Å². The van der Waals surface area contributed by atoms with Crippen molar-refractivity contribution in [1.82, 2.24) is 14.9 Å². The van der Waals surface area contributed by atoms with E-state index in [2.05, 4.69) is 26.7 Å². The molecule has 5 nitrogen and oxygen atoms in total. The summed E-state index contributed by atoms with van der Waals surface area (Å²) in [5.74, 6) is 7.03. The van der Waals surface area contributed by atoms with Gasteiger partial charge in [-0.2, -0.15) is 0 Å². The maximum atomic E-state index is 12.9. The van der Waals surface area contributed by atoms with Gasteiger partial charge in [0.1, 0.15) is 0 Å². The zero-order valence-corrected chi connectivity index (χ0v) is 15.5. The standard InChI is InChI=1S/C23H20N4O/c28-22(26-14-16-27(17-15-26)23-24-12-5-13-25-23)21-9-4-8-20(18-21)11-10-19-6-2-1-3-7-19/h1-9,12-13,18H,14-17H2. The topological polar surface area (TPSA) is 49.3 Å². The average molecular weight is 368 g/mol. The fourth-order valence-electron chi connectivity index (χ4n) is 3.14. The Morgan fingerprint density at radius 1 is 0.786 bits per heavy atom. The molecule has 0 radical (unpaired) electrons. The summed E-state index contributed by atoms with van der Waals surface area (Å²) < 4.78 is 0. The zero-order chi connectivity index (χ0) is 19.2. The van der Waals surface area contributed by atoms with Gasteiger partial charge in [-0.3, -0.25) is 4.79 Å². The van der Waals surface area contributed by atoms with Crippen LogP contribution in [-0.4, -0.2) is 47.0 Å². The minimum Gasteiger partial charge on any atom is -0.337 e. The van der Waals surface area contributed by atoms with Gasteiger partial charge in [-0.15, -0.1) is 0 Å². The maximum absolute atomic E-state index is 12.9. The summed E-state index contributed by atoms with van der Waals surface area (Å²) >= 11 is 0. The van der Waals surface area contributed by atoms with Crippen molar-refractivity contribution < 1.29 is 4.79 Å². The summed E-state index contributed by atoms with van der Waals surface area (Å²) in [5, 5.41) is 0. The Morgan fingerprint density at radius 3 is 2.21 bits per heavy atom. The van der Waals surface area contributed by atoms with E-state index in [9.17, 15) is 4.79 Å². The monoisotopic (exact) mass is 368 g/mol. The van der Waals surface area contributed by atoms with Crippen LogP contribution in [0.3, 0.4) is 0 Å². The molecular weight excluding hydrogens is 348 g/mol. The number of carbonyl (C=O) groups is 1. The van der Waals surface area contributed by atoms with Crippen LogP contribution in [0.5, 0.6) is 0 Å². The molecule has 1 amide bonds. The highest BCUT2D eigenvalue weighted by atomic mass is 16.2. The van der Waals surface area contributed by atoms with Crippen molar-refractivity contribution in [3.05, 3.63) is 89.7 Å². The van der Waals surface area contributed by atoms with Gasteiger partial charge in [-0.1, -0.05) is 36.1 Å². The fraction of sp³-hybridized carbons (Fsp3) is 0.174. The number of anilines is 1.